The van der Waals surface area contributed by atoms with Gasteiger partial charge in [-0.2, -0.15) is 0 Å². The van der Waals surface area contributed by atoms with Crippen molar-refractivity contribution in [2.75, 3.05) is 0 Å². The number of aromatic nitrogens is 1. The highest BCUT2D eigenvalue weighted by Gasteiger charge is 1.77. The van der Waals surface area contributed by atoms with Gasteiger partial charge in [-0.1, -0.05) is 0 Å². The van der Waals surface area contributed by atoms with Crippen LogP contribution in [-0.4, -0.2) is 18.3 Å². The number of hydrogen-bond donors (Lipinski definition) is 1. The summed E-state index contributed by atoms with van der Waals surface area (Å²) >= 11 is -2.86. The lowest BCUT2D eigenvalue weighted by Gasteiger charge is -1.83. The van der Waals surface area contributed by atoms with Crippen LogP contribution in [0.15, 0.2) is 16.9 Å². The average molecular weight is 164 g/mol. The van der Waals surface area contributed by atoms with E-state index in [0.29, 0.717) is 0 Å². The number of aryl methyl sites for hydroxylation is 1. The van der Waals surface area contributed by atoms with Crippen LogP contribution in [-0.2, 0) is 11.4 Å². The molecule has 0 aliphatic heterocycles. The lowest BCUT2D eigenvalue weighted by molar-refractivity contribution is 0.436. The minimum absolute atomic E-state index is 0.718. The highest BCUT2D eigenvalue weighted by molar-refractivity contribution is 7.73. The number of oxazole rings is 1. The SMILES string of the molecule is Cc1ncco1.O=S([O-])O. The van der Waals surface area contributed by atoms with Crippen LogP contribution in [0.3, 0.4) is 0 Å². The van der Waals surface area contributed by atoms with Gasteiger partial charge >= 0.3 is 0 Å². The van der Waals surface area contributed by atoms with Crippen LogP contribution < -0.4 is 0 Å². The Labute approximate surface area is 60.2 Å². The molecule has 10 heavy (non-hydrogen) atoms. The fourth-order valence-corrected chi connectivity index (χ4v) is 0.295. The normalized spacial score (nSPS) is 11.5. The third kappa shape index (κ3) is 7.28. The van der Waals surface area contributed by atoms with Crippen LogP contribution in [0.1, 0.15) is 5.89 Å². The van der Waals surface area contributed by atoms with E-state index in [2.05, 4.69) is 4.98 Å². The third-order valence-electron chi connectivity index (χ3n) is 0.556. The topological polar surface area (TPSA) is 86.4 Å². The lowest BCUT2D eigenvalue weighted by atomic mass is 10.8. The molecule has 6 heteroatoms. The van der Waals surface area contributed by atoms with E-state index in [-0.39, 0.29) is 0 Å². The molecule has 1 N–H and O–H groups in total. The predicted octanol–water partition coefficient (Wildman–Crippen LogP) is 0.322. The predicted molar refractivity (Wildman–Crippen MR) is 32.8 cm³/mol. The van der Waals surface area contributed by atoms with Gasteiger partial charge in [0.15, 0.2) is 5.89 Å². The summed E-state index contributed by atoms with van der Waals surface area (Å²) < 4.78 is 28.8. The Hall–Kier alpha value is -0.720. The molecule has 0 aliphatic rings. The van der Waals surface area contributed by atoms with Crippen molar-refractivity contribution in [2.45, 2.75) is 6.92 Å². The van der Waals surface area contributed by atoms with E-state index >= 15 is 0 Å². The zero-order valence-corrected chi connectivity index (χ0v) is 6.00. The summed E-state index contributed by atoms with van der Waals surface area (Å²) in [5.41, 5.74) is 0. The molecule has 1 aromatic rings. The second kappa shape index (κ2) is 5.10. The van der Waals surface area contributed by atoms with Crippen molar-refractivity contribution in [3.8, 4) is 0 Å². The maximum absolute atomic E-state index is 8.56. The molecule has 0 aromatic carbocycles. The molecule has 1 aromatic heterocycles. The van der Waals surface area contributed by atoms with Crippen molar-refractivity contribution in [1.82, 2.24) is 4.98 Å². The summed E-state index contributed by atoms with van der Waals surface area (Å²) in [6.07, 6.45) is 3.17. The standard InChI is InChI=1S/C4H5NO.H2O3S/c1-4-5-2-3-6-4;1-4(2)3/h2-3H,1H3;(H2,1,2,3)/p-1. The monoisotopic (exact) mass is 164 g/mol. The van der Waals surface area contributed by atoms with Crippen LogP contribution >= 0.6 is 0 Å². The van der Waals surface area contributed by atoms with E-state index in [0.717, 1.165) is 5.89 Å². The number of hydrogen-bond acceptors (Lipinski definition) is 4. The summed E-state index contributed by atoms with van der Waals surface area (Å²) in [6.45, 7) is 1.81. The largest absolute Gasteiger partial charge is 0.750 e. The Bertz CT molecular complexity index is 181. The van der Waals surface area contributed by atoms with Crippen molar-refractivity contribution >= 4 is 11.4 Å². The van der Waals surface area contributed by atoms with Crippen molar-refractivity contribution < 1.29 is 17.7 Å². The highest BCUT2D eigenvalue weighted by atomic mass is 32.2. The summed E-state index contributed by atoms with van der Waals surface area (Å²) in [4.78, 5) is 3.75. The van der Waals surface area contributed by atoms with Gasteiger partial charge in [0.1, 0.15) is 6.26 Å². The van der Waals surface area contributed by atoms with E-state index in [1.165, 1.54) is 0 Å². The van der Waals surface area contributed by atoms with E-state index < -0.39 is 11.4 Å². The average Bonchev–Trinajstić information content (AvgIpc) is 2.15. The first-order valence-corrected chi connectivity index (χ1v) is 3.30. The summed E-state index contributed by atoms with van der Waals surface area (Å²) in [7, 11) is 0. The van der Waals surface area contributed by atoms with Gasteiger partial charge in [0.2, 0.25) is 0 Å². The van der Waals surface area contributed by atoms with E-state index in [1.54, 1.807) is 19.4 Å². The van der Waals surface area contributed by atoms with Gasteiger partial charge in [0.05, 0.1) is 17.6 Å². The van der Waals surface area contributed by atoms with Gasteiger partial charge in [-0.25, -0.2) is 9.19 Å². The van der Waals surface area contributed by atoms with Gasteiger partial charge in [-0.15, -0.1) is 0 Å². The van der Waals surface area contributed by atoms with E-state index in [1.807, 2.05) is 0 Å². The lowest BCUT2D eigenvalue weighted by Crippen LogP contribution is -1.75. The maximum Gasteiger partial charge on any atom is 0.190 e. The molecule has 0 aliphatic carbocycles. The van der Waals surface area contributed by atoms with Gasteiger partial charge in [-0.05, 0) is 0 Å². The zero-order chi connectivity index (χ0) is 7.98. The first-order valence-electron chi connectivity index (χ1n) is 2.27. The van der Waals surface area contributed by atoms with Crippen molar-refractivity contribution in [3.05, 3.63) is 18.4 Å². The first-order chi connectivity index (χ1) is 4.63. The molecular formula is C4H6NO4S-. The Morgan fingerprint density at radius 1 is 1.90 bits per heavy atom. The zero-order valence-electron chi connectivity index (χ0n) is 5.18. The molecule has 0 fully saturated rings. The molecule has 58 valence electrons. The molecular weight excluding hydrogens is 158 g/mol. The summed E-state index contributed by atoms with van der Waals surface area (Å²) in [6, 6.07) is 0. The Morgan fingerprint density at radius 3 is 2.50 bits per heavy atom. The highest BCUT2D eigenvalue weighted by Crippen LogP contribution is 1.86. The minimum atomic E-state index is -2.86. The second-order valence-electron chi connectivity index (χ2n) is 1.27. The quantitative estimate of drug-likeness (QED) is 0.558. The molecule has 1 rings (SSSR count). The van der Waals surface area contributed by atoms with E-state index in [4.69, 9.17) is 17.7 Å². The van der Waals surface area contributed by atoms with Crippen LogP contribution in [0, 0.1) is 6.92 Å². The molecule has 0 spiro atoms. The molecule has 0 saturated carbocycles. The molecule has 0 amide bonds. The Kier molecular flexibility index (Phi) is 4.73. The smallest absolute Gasteiger partial charge is 0.190 e. The van der Waals surface area contributed by atoms with Gasteiger partial charge in [0, 0.05) is 6.92 Å². The molecule has 5 nitrogen and oxygen atoms in total. The maximum atomic E-state index is 8.56. The Balaban J connectivity index is 0.000000180. The van der Waals surface area contributed by atoms with Crippen LogP contribution in [0.5, 0.6) is 0 Å². The molecule has 1 unspecified atom stereocenters. The molecule has 0 radical (unpaired) electrons. The summed E-state index contributed by atoms with van der Waals surface area (Å²) in [5.74, 6) is 0.718. The van der Waals surface area contributed by atoms with Crippen LogP contribution in [0.2, 0.25) is 0 Å². The fourth-order valence-electron chi connectivity index (χ4n) is 0.295. The number of rotatable bonds is 0. The molecule has 0 bridgehead atoms. The van der Waals surface area contributed by atoms with Crippen LogP contribution in [0.4, 0.5) is 0 Å². The molecule has 1 atom stereocenters. The van der Waals surface area contributed by atoms with Gasteiger partial charge in [0.25, 0.3) is 0 Å². The van der Waals surface area contributed by atoms with Crippen molar-refractivity contribution in [2.24, 2.45) is 0 Å². The van der Waals surface area contributed by atoms with Gasteiger partial charge in [-0.3, -0.25) is 0 Å². The first kappa shape index (κ1) is 9.28. The van der Waals surface area contributed by atoms with E-state index in [9.17, 15) is 0 Å². The van der Waals surface area contributed by atoms with Crippen LogP contribution in [0.25, 0.3) is 0 Å². The van der Waals surface area contributed by atoms with Gasteiger partial charge < -0.3 is 13.5 Å². The third-order valence-corrected chi connectivity index (χ3v) is 0.556. The second-order valence-corrected chi connectivity index (χ2v) is 1.70. The molecule has 1 heterocycles. The number of nitrogens with zero attached hydrogens (tertiary/aromatic N) is 1. The van der Waals surface area contributed by atoms with Crippen molar-refractivity contribution in [1.29, 1.82) is 0 Å². The molecule has 0 saturated heterocycles. The van der Waals surface area contributed by atoms with Crippen molar-refractivity contribution in [3.63, 3.8) is 0 Å². The minimum Gasteiger partial charge on any atom is -0.750 e. The fraction of sp³-hybridized carbons (Fsp3) is 0.250. The Morgan fingerprint density at radius 2 is 2.40 bits per heavy atom. The summed E-state index contributed by atoms with van der Waals surface area (Å²) in [5, 5.41) is 0.